The number of anilines is 1. The Labute approximate surface area is 97.9 Å². The molecule has 1 aromatic heterocycles. The van der Waals surface area contributed by atoms with E-state index >= 15 is 0 Å². The molecule has 1 atom stereocenters. The summed E-state index contributed by atoms with van der Waals surface area (Å²) < 4.78 is 0. The Balaban J connectivity index is 2.82. The monoisotopic (exact) mass is 222 g/mol. The van der Waals surface area contributed by atoms with Crippen LogP contribution in [-0.2, 0) is 12.8 Å². The van der Waals surface area contributed by atoms with Crippen LogP contribution in [0, 0.1) is 5.92 Å². The molecule has 1 heterocycles. The first kappa shape index (κ1) is 12.9. The highest BCUT2D eigenvalue weighted by Crippen LogP contribution is 2.10. The molecule has 0 spiro atoms. The first-order valence-electron chi connectivity index (χ1n) is 6.07. The Kier molecular flexibility index (Phi) is 4.65. The van der Waals surface area contributed by atoms with Gasteiger partial charge in [-0.1, -0.05) is 27.7 Å². The first-order valence-corrected chi connectivity index (χ1v) is 6.07. The molecule has 0 aliphatic rings. The lowest BCUT2D eigenvalue weighted by Crippen LogP contribution is -2.23. The average molecular weight is 222 g/mol. The van der Waals surface area contributed by atoms with Crippen LogP contribution in [0.2, 0.25) is 0 Å². The van der Waals surface area contributed by atoms with Crippen molar-refractivity contribution in [3.05, 3.63) is 11.4 Å². The maximum atomic E-state index is 4.50. The van der Waals surface area contributed by atoms with Crippen molar-refractivity contribution in [1.82, 2.24) is 15.2 Å². The molecule has 0 fully saturated rings. The highest BCUT2D eigenvalue weighted by Gasteiger charge is 2.10. The summed E-state index contributed by atoms with van der Waals surface area (Å²) in [5.74, 6) is 1.20. The number of aromatic nitrogens is 3. The smallest absolute Gasteiger partial charge is 0.243 e. The zero-order chi connectivity index (χ0) is 12.1. The second kappa shape index (κ2) is 5.77. The summed E-state index contributed by atoms with van der Waals surface area (Å²) in [6, 6.07) is 0.360. The molecule has 0 aromatic carbocycles. The molecule has 4 nitrogen and oxygen atoms in total. The molecule has 0 aliphatic carbocycles. The molecule has 90 valence electrons. The van der Waals surface area contributed by atoms with Gasteiger partial charge in [0.1, 0.15) is 0 Å². The molecule has 1 unspecified atom stereocenters. The summed E-state index contributed by atoms with van der Waals surface area (Å²) in [6.07, 6.45) is 1.80. The van der Waals surface area contributed by atoms with Crippen molar-refractivity contribution in [2.24, 2.45) is 5.92 Å². The molecule has 1 aromatic rings. The second-order valence-corrected chi connectivity index (χ2v) is 4.41. The van der Waals surface area contributed by atoms with E-state index in [2.05, 4.69) is 55.1 Å². The Morgan fingerprint density at radius 2 is 1.62 bits per heavy atom. The van der Waals surface area contributed by atoms with E-state index in [1.165, 1.54) is 0 Å². The highest BCUT2D eigenvalue weighted by molar-refractivity contribution is 5.27. The molecule has 0 aliphatic heterocycles. The van der Waals surface area contributed by atoms with Crippen molar-refractivity contribution >= 4 is 5.95 Å². The summed E-state index contributed by atoms with van der Waals surface area (Å²) in [4.78, 5) is 4.50. The third-order valence-electron chi connectivity index (χ3n) is 2.87. The lowest BCUT2D eigenvalue weighted by molar-refractivity contribution is 0.554. The quantitative estimate of drug-likeness (QED) is 0.831. The van der Waals surface area contributed by atoms with Gasteiger partial charge in [0.15, 0.2) is 0 Å². The lowest BCUT2D eigenvalue weighted by atomic mass is 10.1. The van der Waals surface area contributed by atoms with Gasteiger partial charge in [-0.2, -0.15) is 5.10 Å². The highest BCUT2D eigenvalue weighted by atomic mass is 15.2. The minimum atomic E-state index is 0.360. The third kappa shape index (κ3) is 3.15. The van der Waals surface area contributed by atoms with E-state index in [0.29, 0.717) is 17.9 Å². The minimum absolute atomic E-state index is 0.360. The summed E-state index contributed by atoms with van der Waals surface area (Å²) in [6.45, 7) is 10.7. The van der Waals surface area contributed by atoms with Crippen molar-refractivity contribution < 1.29 is 0 Å². The number of aryl methyl sites for hydroxylation is 2. The Morgan fingerprint density at radius 1 is 1.00 bits per heavy atom. The second-order valence-electron chi connectivity index (χ2n) is 4.41. The van der Waals surface area contributed by atoms with Crippen LogP contribution in [0.15, 0.2) is 0 Å². The van der Waals surface area contributed by atoms with Crippen LogP contribution in [-0.4, -0.2) is 21.2 Å². The largest absolute Gasteiger partial charge is 0.350 e. The SMILES string of the molecule is CCc1nnc(NC(C)C(C)C)nc1CC. The molecule has 0 radical (unpaired) electrons. The molecular formula is C12H22N4. The van der Waals surface area contributed by atoms with E-state index in [1.54, 1.807) is 0 Å². The molecule has 1 N–H and O–H groups in total. The van der Waals surface area contributed by atoms with Crippen molar-refractivity contribution in [2.45, 2.75) is 53.5 Å². The molecular weight excluding hydrogens is 200 g/mol. The molecule has 0 saturated carbocycles. The molecule has 4 heteroatoms. The van der Waals surface area contributed by atoms with Gasteiger partial charge in [-0.05, 0) is 25.7 Å². The fourth-order valence-electron chi connectivity index (χ4n) is 1.37. The van der Waals surface area contributed by atoms with Gasteiger partial charge in [-0.25, -0.2) is 4.98 Å². The predicted molar refractivity (Wildman–Crippen MR) is 66.5 cm³/mol. The van der Waals surface area contributed by atoms with Gasteiger partial charge >= 0.3 is 0 Å². The Bertz CT molecular complexity index is 336. The standard InChI is InChI=1S/C12H22N4/c1-6-10-11(7-2)15-16-12(14-10)13-9(5)8(3)4/h8-9H,6-7H2,1-5H3,(H,13,14,16). The Morgan fingerprint density at radius 3 is 2.12 bits per heavy atom. The van der Waals surface area contributed by atoms with E-state index in [1.807, 2.05) is 0 Å². The third-order valence-corrected chi connectivity index (χ3v) is 2.87. The predicted octanol–water partition coefficient (Wildman–Crippen LogP) is 2.45. The van der Waals surface area contributed by atoms with Crippen molar-refractivity contribution in [3.63, 3.8) is 0 Å². The van der Waals surface area contributed by atoms with E-state index in [4.69, 9.17) is 0 Å². The molecule has 16 heavy (non-hydrogen) atoms. The van der Waals surface area contributed by atoms with Crippen LogP contribution < -0.4 is 5.32 Å². The molecule has 0 bridgehead atoms. The van der Waals surface area contributed by atoms with Crippen LogP contribution in [0.5, 0.6) is 0 Å². The number of nitrogens with one attached hydrogen (secondary N) is 1. The fourth-order valence-corrected chi connectivity index (χ4v) is 1.37. The topological polar surface area (TPSA) is 50.7 Å². The number of hydrogen-bond acceptors (Lipinski definition) is 4. The van der Waals surface area contributed by atoms with Gasteiger partial charge in [-0.15, -0.1) is 5.10 Å². The van der Waals surface area contributed by atoms with Crippen LogP contribution in [0.4, 0.5) is 5.95 Å². The Hall–Kier alpha value is -1.19. The van der Waals surface area contributed by atoms with Gasteiger partial charge in [0.25, 0.3) is 0 Å². The van der Waals surface area contributed by atoms with Crippen LogP contribution >= 0.6 is 0 Å². The molecule has 1 rings (SSSR count). The summed E-state index contributed by atoms with van der Waals surface area (Å²) in [7, 11) is 0. The van der Waals surface area contributed by atoms with E-state index < -0.39 is 0 Å². The molecule has 0 saturated heterocycles. The van der Waals surface area contributed by atoms with Crippen LogP contribution in [0.25, 0.3) is 0 Å². The van der Waals surface area contributed by atoms with Crippen LogP contribution in [0.1, 0.15) is 46.0 Å². The fraction of sp³-hybridized carbons (Fsp3) is 0.750. The normalized spacial score (nSPS) is 12.9. The van der Waals surface area contributed by atoms with Gasteiger partial charge in [0, 0.05) is 6.04 Å². The van der Waals surface area contributed by atoms with Crippen molar-refractivity contribution in [1.29, 1.82) is 0 Å². The maximum Gasteiger partial charge on any atom is 0.243 e. The van der Waals surface area contributed by atoms with E-state index in [-0.39, 0.29) is 0 Å². The molecule has 0 amide bonds. The summed E-state index contributed by atoms with van der Waals surface area (Å²) in [5, 5.41) is 11.6. The van der Waals surface area contributed by atoms with Gasteiger partial charge in [0.2, 0.25) is 5.95 Å². The number of nitrogens with zero attached hydrogens (tertiary/aromatic N) is 3. The van der Waals surface area contributed by atoms with Gasteiger partial charge < -0.3 is 5.32 Å². The summed E-state index contributed by atoms with van der Waals surface area (Å²) >= 11 is 0. The average Bonchev–Trinajstić information content (AvgIpc) is 2.28. The maximum absolute atomic E-state index is 4.50. The first-order chi connectivity index (χ1) is 7.58. The zero-order valence-electron chi connectivity index (χ0n) is 10.9. The van der Waals surface area contributed by atoms with Gasteiger partial charge in [0.05, 0.1) is 11.4 Å². The van der Waals surface area contributed by atoms with Crippen molar-refractivity contribution in [3.8, 4) is 0 Å². The van der Waals surface area contributed by atoms with Crippen LogP contribution in [0.3, 0.4) is 0 Å². The zero-order valence-corrected chi connectivity index (χ0v) is 10.9. The van der Waals surface area contributed by atoms with Crippen molar-refractivity contribution in [2.75, 3.05) is 5.32 Å². The van der Waals surface area contributed by atoms with Gasteiger partial charge in [-0.3, -0.25) is 0 Å². The van der Waals surface area contributed by atoms with E-state index in [0.717, 1.165) is 24.2 Å². The number of hydrogen-bond donors (Lipinski definition) is 1. The lowest BCUT2D eigenvalue weighted by Gasteiger charge is -2.17. The van der Waals surface area contributed by atoms with E-state index in [9.17, 15) is 0 Å². The minimum Gasteiger partial charge on any atom is -0.350 e. The summed E-state index contributed by atoms with van der Waals surface area (Å²) in [5.41, 5.74) is 2.06. The number of rotatable bonds is 5.